The lowest BCUT2D eigenvalue weighted by Crippen LogP contribution is -2.41. The molecule has 2 aromatic rings. The van der Waals surface area contributed by atoms with Gasteiger partial charge in [-0.15, -0.1) is 0 Å². The van der Waals surface area contributed by atoms with Crippen molar-refractivity contribution in [2.75, 3.05) is 7.11 Å². The van der Waals surface area contributed by atoms with Gasteiger partial charge >= 0.3 is 5.97 Å². The average molecular weight is 322 g/mol. The number of methoxy groups -OCH3 is 1. The van der Waals surface area contributed by atoms with Gasteiger partial charge in [0.25, 0.3) is 5.91 Å². The molecule has 5 nitrogen and oxygen atoms in total. The minimum absolute atomic E-state index is 0.160. The zero-order valence-corrected chi connectivity index (χ0v) is 13.4. The summed E-state index contributed by atoms with van der Waals surface area (Å²) in [6.07, 6.45) is 0.379. The van der Waals surface area contributed by atoms with Gasteiger partial charge in [0.2, 0.25) is 0 Å². The van der Waals surface area contributed by atoms with E-state index < -0.39 is 12.0 Å². The van der Waals surface area contributed by atoms with Gasteiger partial charge in [-0.25, -0.2) is 4.79 Å². The molecule has 2 aromatic carbocycles. The van der Waals surface area contributed by atoms with Crippen molar-refractivity contribution in [3.63, 3.8) is 0 Å². The van der Waals surface area contributed by atoms with Gasteiger partial charge in [-0.1, -0.05) is 42.5 Å². The molecule has 1 atom stereocenters. The van der Waals surface area contributed by atoms with Crippen molar-refractivity contribution in [1.82, 2.24) is 5.32 Å². The third-order valence-electron chi connectivity index (χ3n) is 3.59. The lowest BCUT2D eigenvalue weighted by atomic mass is 10.0. The number of hydrogen-bond donors (Lipinski definition) is 1. The number of carbonyl (C=O) groups is 2. The van der Waals surface area contributed by atoms with E-state index in [1.54, 1.807) is 12.1 Å². The second-order valence-corrected chi connectivity index (χ2v) is 5.19. The van der Waals surface area contributed by atoms with E-state index in [1.807, 2.05) is 48.5 Å². The van der Waals surface area contributed by atoms with E-state index in [2.05, 4.69) is 10.1 Å². The molecule has 0 aromatic heterocycles. The van der Waals surface area contributed by atoms with Crippen LogP contribution in [0.3, 0.4) is 0 Å². The molecule has 0 aliphatic rings. The maximum absolute atomic E-state index is 12.3. The Bertz CT molecular complexity index is 733. The topological polar surface area (TPSA) is 79.2 Å². The molecule has 0 aliphatic heterocycles. The van der Waals surface area contributed by atoms with Gasteiger partial charge in [0.1, 0.15) is 6.04 Å². The van der Waals surface area contributed by atoms with Crippen LogP contribution in [0.5, 0.6) is 0 Å². The Labute approximate surface area is 140 Å². The normalized spacial score (nSPS) is 11.2. The van der Waals surface area contributed by atoms with Crippen molar-refractivity contribution < 1.29 is 14.3 Å². The number of esters is 1. The number of ether oxygens (including phenoxy) is 1. The molecule has 0 bridgehead atoms. The lowest BCUT2D eigenvalue weighted by Gasteiger charge is -2.15. The molecular weight excluding hydrogens is 304 g/mol. The lowest BCUT2D eigenvalue weighted by molar-refractivity contribution is -0.143. The second kappa shape index (κ2) is 8.49. The van der Waals surface area contributed by atoms with E-state index in [4.69, 9.17) is 5.26 Å². The number of nitrogens with one attached hydrogen (secondary N) is 1. The van der Waals surface area contributed by atoms with E-state index in [0.29, 0.717) is 5.56 Å². The predicted octanol–water partition coefficient (Wildman–Crippen LogP) is 2.93. The van der Waals surface area contributed by atoms with Crippen LogP contribution >= 0.6 is 0 Å². The first-order valence-electron chi connectivity index (χ1n) is 7.57. The Morgan fingerprint density at radius 2 is 1.71 bits per heavy atom. The number of benzene rings is 2. The fourth-order valence-corrected chi connectivity index (χ4v) is 2.29. The van der Waals surface area contributed by atoms with Gasteiger partial charge in [-0.05, 0) is 29.7 Å². The van der Waals surface area contributed by atoms with Gasteiger partial charge in [0, 0.05) is 12.0 Å². The first-order valence-corrected chi connectivity index (χ1v) is 7.57. The van der Waals surface area contributed by atoms with Crippen molar-refractivity contribution in [2.45, 2.75) is 18.9 Å². The number of rotatable bonds is 6. The zero-order valence-electron chi connectivity index (χ0n) is 13.4. The molecule has 5 heteroatoms. The van der Waals surface area contributed by atoms with E-state index >= 15 is 0 Å². The molecule has 0 unspecified atom stereocenters. The molecule has 0 heterocycles. The van der Waals surface area contributed by atoms with Crippen LogP contribution in [0.4, 0.5) is 0 Å². The number of nitrogens with zero attached hydrogens (tertiary/aromatic N) is 1. The van der Waals surface area contributed by atoms with Gasteiger partial charge < -0.3 is 10.1 Å². The Hall–Kier alpha value is -3.13. The number of carbonyl (C=O) groups excluding carboxylic acids is 2. The monoisotopic (exact) mass is 322 g/mol. The molecule has 0 radical (unpaired) electrons. The summed E-state index contributed by atoms with van der Waals surface area (Å²) in [5.41, 5.74) is 2.51. The molecule has 0 fully saturated rings. The average Bonchev–Trinajstić information content (AvgIpc) is 2.65. The van der Waals surface area contributed by atoms with Crippen molar-refractivity contribution in [1.29, 1.82) is 5.26 Å². The molecule has 24 heavy (non-hydrogen) atoms. The van der Waals surface area contributed by atoms with Gasteiger partial charge in [-0.3, -0.25) is 4.79 Å². The predicted molar refractivity (Wildman–Crippen MR) is 90.0 cm³/mol. The van der Waals surface area contributed by atoms with Crippen LogP contribution in [0, 0.1) is 11.3 Å². The van der Waals surface area contributed by atoms with E-state index in [1.165, 1.54) is 7.11 Å². The Kier molecular flexibility index (Phi) is 6.09. The number of nitriles is 1. The first-order chi connectivity index (χ1) is 11.7. The Balaban J connectivity index is 2.09. The molecule has 0 saturated carbocycles. The van der Waals surface area contributed by atoms with Crippen molar-refractivity contribution in [2.24, 2.45) is 0 Å². The molecule has 2 rings (SSSR count). The van der Waals surface area contributed by atoms with Crippen LogP contribution in [-0.4, -0.2) is 25.0 Å². The number of hydrogen-bond acceptors (Lipinski definition) is 4. The third-order valence-corrected chi connectivity index (χ3v) is 3.59. The van der Waals surface area contributed by atoms with Gasteiger partial charge in [0.15, 0.2) is 0 Å². The second-order valence-electron chi connectivity index (χ2n) is 5.19. The van der Waals surface area contributed by atoms with Crippen molar-refractivity contribution >= 4 is 11.9 Å². The zero-order chi connectivity index (χ0) is 17.4. The maximum atomic E-state index is 12.3. The van der Waals surface area contributed by atoms with Crippen LogP contribution in [0.15, 0.2) is 54.6 Å². The highest BCUT2D eigenvalue weighted by Crippen LogP contribution is 2.19. The van der Waals surface area contributed by atoms with Gasteiger partial charge in [0.05, 0.1) is 13.2 Å². The molecule has 0 saturated heterocycles. The summed E-state index contributed by atoms with van der Waals surface area (Å²) < 4.78 is 4.66. The summed E-state index contributed by atoms with van der Waals surface area (Å²) in [6, 6.07) is 18.1. The van der Waals surface area contributed by atoms with Crippen LogP contribution < -0.4 is 5.32 Å². The van der Waals surface area contributed by atoms with Crippen LogP contribution in [0.25, 0.3) is 11.1 Å². The summed E-state index contributed by atoms with van der Waals surface area (Å²) in [5, 5.41) is 11.3. The molecule has 1 amide bonds. The minimum Gasteiger partial charge on any atom is -0.467 e. The summed E-state index contributed by atoms with van der Waals surface area (Å²) in [4.78, 5) is 24.0. The van der Waals surface area contributed by atoms with Crippen LogP contribution in [-0.2, 0) is 9.53 Å². The van der Waals surface area contributed by atoms with E-state index in [0.717, 1.165) is 11.1 Å². The molecular formula is C19H18N2O3. The fourth-order valence-electron chi connectivity index (χ4n) is 2.29. The number of amides is 1. The Morgan fingerprint density at radius 3 is 2.29 bits per heavy atom. The van der Waals surface area contributed by atoms with Crippen molar-refractivity contribution in [3.8, 4) is 17.2 Å². The van der Waals surface area contributed by atoms with Crippen molar-refractivity contribution in [3.05, 3.63) is 60.2 Å². The maximum Gasteiger partial charge on any atom is 0.328 e. The van der Waals surface area contributed by atoms with Crippen LogP contribution in [0.2, 0.25) is 0 Å². The van der Waals surface area contributed by atoms with E-state index in [9.17, 15) is 9.59 Å². The summed E-state index contributed by atoms with van der Waals surface area (Å²) >= 11 is 0. The summed E-state index contributed by atoms with van der Waals surface area (Å²) in [7, 11) is 1.25. The Morgan fingerprint density at radius 1 is 1.08 bits per heavy atom. The molecule has 0 spiro atoms. The molecule has 122 valence electrons. The molecule has 0 aliphatic carbocycles. The summed E-state index contributed by atoms with van der Waals surface area (Å²) in [5.74, 6) is -0.928. The molecule has 1 N–H and O–H groups in total. The highest BCUT2D eigenvalue weighted by molar-refractivity contribution is 5.97. The largest absolute Gasteiger partial charge is 0.467 e. The third kappa shape index (κ3) is 4.43. The summed E-state index contributed by atoms with van der Waals surface area (Å²) in [6.45, 7) is 0. The first kappa shape index (κ1) is 17.2. The standard InChI is InChI=1S/C19H18N2O3/c1-24-19(23)17(8-5-13-20)21-18(22)16-11-9-15(10-12-16)14-6-3-2-4-7-14/h2-4,6-7,9-12,17H,5,8H2,1H3,(H,21,22)/t17-/m1/s1. The highest BCUT2D eigenvalue weighted by atomic mass is 16.5. The highest BCUT2D eigenvalue weighted by Gasteiger charge is 2.21. The smallest absolute Gasteiger partial charge is 0.328 e. The van der Waals surface area contributed by atoms with Gasteiger partial charge in [-0.2, -0.15) is 5.26 Å². The van der Waals surface area contributed by atoms with Crippen LogP contribution in [0.1, 0.15) is 23.2 Å². The quantitative estimate of drug-likeness (QED) is 0.829. The fraction of sp³-hybridized carbons (Fsp3) is 0.211. The van der Waals surface area contributed by atoms with E-state index in [-0.39, 0.29) is 18.7 Å². The minimum atomic E-state index is -0.823. The SMILES string of the molecule is COC(=O)[C@@H](CCC#N)NC(=O)c1ccc(-c2ccccc2)cc1.